The molecule has 0 bridgehead atoms. The molecule has 3 aromatic rings. The normalized spacial score (nSPS) is 11.0. The zero-order valence-electron chi connectivity index (χ0n) is 14.1. The summed E-state index contributed by atoms with van der Waals surface area (Å²) in [7, 11) is 0. The molecule has 0 unspecified atom stereocenters. The highest BCUT2D eigenvalue weighted by Gasteiger charge is 2.10. The van der Waals surface area contributed by atoms with Gasteiger partial charge in [-0.05, 0) is 50.1 Å². The third kappa shape index (κ3) is 3.17. The van der Waals surface area contributed by atoms with E-state index in [1.54, 1.807) is 16.7 Å². The molecule has 1 heterocycles. The summed E-state index contributed by atoms with van der Waals surface area (Å²) >= 11 is 6.10. The fourth-order valence-corrected chi connectivity index (χ4v) is 3.29. The predicted octanol–water partition coefficient (Wildman–Crippen LogP) is 4.66. The fourth-order valence-electron chi connectivity index (χ4n) is 3.10. The van der Waals surface area contributed by atoms with E-state index >= 15 is 0 Å². The molecule has 0 aliphatic rings. The van der Waals surface area contributed by atoms with E-state index < -0.39 is 0 Å². The zero-order valence-corrected chi connectivity index (χ0v) is 14.9. The molecule has 4 heteroatoms. The standard InChI is InChI=1S/C20H20ClNO2/c1-13-10-15(3)20-16(11-13)14(2)12-19(23)22(20)8-9-24-18-7-5-4-6-17(18)21/h4-7,10-12H,8-9H2,1-3H3. The van der Waals surface area contributed by atoms with Gasteiger partial charge in [-0.2, -0.15) is 0 Å². The number of rotatable bonds is 4. The van der Waals surface area contributed by atoms with Crippen LogP contribution in [0.5, 0.6) is 5.75 Å². The highest BCUT2D eigenvalue weighted by Crippen LogP contribution is 2.24. The molecule has 3 rings (SSSR count). The van der Waals surface area contributed by atoms with E-state index in [4.69, 9.17) is 16.3 Å². The monoisotopic (exact) mass is 341 g/mol. The van der Waals surface area contributed by atoms with Crippen LogP contribution < -0.4 is 10.3 Å². The first-order valence-electron chi connectivity index (χ1n) is 7.96. The molecule has 3 nitrogen and oxygen atoms in total. The quantitative estimate of drug-likeness (QED) is 0.691. The summed E-state index contributed by atoms with van der Waals surface area (Å²) in [5.41, 5.74) is 4.28. The van der Waals surface area contributed by atoms with Gasteiger partial charge in [-0.15, -0.1) is 0 Å². The van der Waals surface area contributed by atoms with Crippen molar-refractivity contribution in [1.82, 2.24) is 4.57 Å². The van der Waals surface area contributed by atoms with Crippen LogP contribution in [0.3, 0.4) is 0 Å². The van der Waals surface area contributed by atoms with Crippen LogP contribution in [0.25, 0.3) is 10.9 Å². The molecular formula is C20H20ClNO2. The van der Waals surface area contributed by atoms with Crippen molar-refractivity contribution in [1.29, 1.82) is 0 Å². The Morgan fingerprint density at radius 2 is 1.79 bits per heavy atom. The van der Waals surface area contributed by atoms with Gasteiger partial charge in [-0.25, -0.2) is 0 Å². The molecule has 0 radical (unpaired) electrons. The van der Waals surface area contributed by atoms with E-state index in [2.05, 4.69) is 19.1 Å². The Bertz CT molecular complexity index is 960. The van der Waals surface area contributed by atoms with Crippen LogP contribution in [0.4, 0.5) is 0 Å². The van der Waals surface area contributed by atoms with Crippen LogP contribution in [-0.2, 0) is 6.54 Å². The lowest BCUT2D eigenvalue weighted by Gasteiger charge is -2.16. The van der Waals surface area contributed by atoms with Crippen LogP contribution >= 0.6 is 11.6 Å². The molecular weight excluding hydrogens is 322 g/mol. The molecule has 0 N–H and O–H groups in total. The van der Waals surface area contributed by atoms with Crippen LogP contribution in [0.2, 0.25) is 5.02 Å². The van der Waals surface area contributed by atoms with E-state index in [9.17, 15) is 4.79 Å². The minimum atomic E-state index is -0.00490. The minimum absolute atomic E-state index is 0.00490. The summed E-state index contributed by atoms with van der Waals surface area (Å²) in [5.74, 6) is 0.635. The lowest BCUT2D eigenvalue weighted by molar-refractivity contribution is 0.299. The largest absolute Gasteiger partial charge is 0.490 e. The van der Waals surface area contributed by atoms with Crippen molar-refractivity contribution < 1.29 is 4.74 Å². The number of hydrogen-bond donors (Lipinski definition) is 0. The van der Waals surface area contributed by atoms with Crippen LogP contribution in [0.15, 0.2) is 47.3 Å². The van der Waals surface area contributed by atoms with E-state index in [0.717, 1.165) is 22.0 Å². The average molecular weight is 342 g/mol. The zero-order chi connectivity index (χ0) is 17.3. The molecule has 1 aromatic heterocycles. The number of fused-ring (bicyclic) bond motifs is 1. The number of aromatic nitrogens is 1. The molecule has 0 fully saturated rings. The number of pyridine rings is 1. The van der Waals surface area contributed by atoms with Crippen LogP contribution in [0, 0.1) is 20.8 Å². The van der Waals surface area contributed by atoms with Crippen LogP contribution in [0.1, 0.15) is 16.7 Å². The summed E-state index contributed by atoms with van der Waals surface area (Å²) in [6, 6.07) is 13.3. The number of ether oxygens (including phenoxy) is 1. The van der Waals surface area contributed by atoms with Crippen molar-refractivity contribution in [2.45, 2.75) is 27.3 Å². The maximum absolute atomic E-state index is 12.5. The first-order chi connectivity index (χ1) is 11.5. The maximum atomic E-state index is 12.5. The molecule has 0 saturated carbocycles. The molecule has 2 aromatic carbocycles. The van der Waals surface area contributed by atoms with Gasteiger partial charge in [0.25, 0.3) is 5.56 Å². The predicted molar refractivity (Wildman–Crippen MR) is 99.4 cm³/mol. The summed E-state index contributed by atoms with van der Waals surface area (Å²) in [5, 5.41) is 1.69. The van der Waals surface area contributed by atoms with Crippen molar-refractivity contribution in [2.24, 2.45) is 0 Å². The van der Waals surface area contributed by atoms with Gasteiger partial charge in [0.2, 0.25) is 0 Å². The molecule has 0 amide bonds. The average Bonchev–Trinajstić information content (AvgIpc) is 2.52. The minimum Gasteiger partial charge on any atom is -0.490 e. The van der Waals surface area contributed by atoms with Gasteiger partial charge in [0.15, 0.2) is 0 Å². The number of para-hydroxylation sites is 1. The van der Waals surface area contributed by atoms with Crippen molar-refractivity contribution in [3.8, 4) is 5.75 Å². The second-order valence-electron chi connectivity index (χ2n) is 6.07. The number of nitrogens with zero attached hydrogens (tertiary/aromatic N) is 1. The maximum Gasteiger partial charge on any atom is 0.251 e. The Morgan fingerprint density at radius 3 is 2.54 bits per heavy atom. The molecule has 0 atom stereocenters. The third-order valence-electron chi connectivity index (χ3n) is 4.15. The van der Waals surface area contributed by atoms with Gasteiger partial charge >= 0.3 is 0 Å². The second-order valence-corrected chi connectivity index (χ2v) is 6.48. The van der Waals surface area contributed by atoms with Gasteiger partial charge in [0.05, 0.1) is 17.1 Å². The number of benzene rings is 2. The van der Waals surface area contributed by atoms with Crippen molar-refractivity contribution in [3.63, 3.8) is 0 Å². The molecule has 124 valence electrons. The molecule has 0 aliphatic carbocycles. The Balaban J connectivity index is 1.95. The van der Waals surface area contributed by atoms with Gasteiger partial charge in [-0.3, -0.25) is 4.79 Å². The van der Waals surface area contributed by atoms with Crippen molar-refractivity contribution in [2.75, 3.05) is 6.61 Å². The highest BCUT2D eigenvalue weighted by atomic mass is 35.5. The van der Waals surface area contributed by atoms with Crippen molar-refractivity contribution >= 4 is 22.5 Å². The smallest absolute Gasteiger partial charge is 0.251 e. The lowest BCUT2D eigenvalue weighted by Crippen LogP contribution is -2.24. The lowest BCUT2D eigenvalue weighted by atomic mass is 10.0. The van der Waals surface area contributed by atoms with E-state index in [0.29, 0.717) is 23.9 Å². The second kappa shape index (κ2) is 6.70. The summed E-state index contributed by atoms with van der Waals surface area (Å²) in [6.45, 7) is 6.95. The molecule has 0 aliphatic heterocycles. The van der Waals surface area contributed by atoms with Gasteiger partial charge in [-0.1, -0.05) is 35.4 Å². The summed E-state index contributed by atoms with van der Waals surface area (Å²) in [6.07, 6.45) is 0. The van der Waals surface area contributed by atoms with E-state index in [1.807, 2.05) is 32.0 Å². The Kier molecular flexibility index (Phi) is 4.63. The Morgan fingerprint density at radius 1 is 1.04 bits per heavy atom. The van der Waals surface area contributed by atoms with Crippen molar-refractivity contribution in [3.05, 3.63) is 74.5 Å². The fraction of sp³-hybridized carbons (Fsp3) is 0.250. The highest BCUT2D eigenvalue weighted by molar-refractivity contribution is 6.32. The summed E-state index contributed by atoms with van der Waals surface area (Å²) in [4.78, 5) is 12.5. The molecule has 0 saturated heterocycles. The van der Waals surface area contributed by atoms with Gasteiger partial charge in [0, 0.05) is 11.5 Å². The molecule has 24 heavy (non-hydrogen) atoms. The van der Waals surface area contributed by atoms with Gasteiger partial charge in [0.1, 0.15) is 12.4 Å². The number of aryl methyl sites for hydroxylation is 3. The third-order valence-corrected chi connectivity index (χ3v) is 4.47. The number of hydrogen-bond acceptors (Lipinski definition) is 2. The van der Waals surface area contributed by atoms with Gasteiger partial charge < -0.3 is 9.30 Å². The summed E-state index contributed by atoms with van der Waals surface area (Å²) < 4.78 is 7.53. The first-order valence-corrected chi connectivity index (χ1v) is 8.34. The Hall–Kier alpha value is -2.26. The molecule has 0 spiro atoms. The van der Waals surface area contributed by atoms with E-state index in [1.165, 1.54) is 5.56 Å². The first kappa shape index (κ1) is 16.6. The topological polar surface area (TPSA) is 31.2 Å². The Labute approximate surface area is 146 Å². The SMILES string of the molecule is Cc1cc(C)c2c(c1)c(C)cc(=O)n2CCOc1ccccc1Cl. The number of halogens is 1. The van der Waals surface area contributed by atoms with E-state index in [-0.39, 0.29) is 5.56 Å². The van der Waals surface area contributed by atoms with Crippen LogP contribution in [-0.4, -0.2) is 11.2 Å².